The molecular formula is C14H18F3NO2. The van der Waals surface area contributed by atoms with Crippen molar-refractivity contribution in [3.63, 3.8) is 0 Å². The number of carbonyl (C=O) groups is 1. The minimum Gasteiger partial charge on any atom is -0.396 e. The lowest BCUT2D eigenvalue weighted by atomic mass is 10.0. The normalized spacial score (nSPS) is 11.8. The molecule has 0 saturated carbocycles. The molecule has 1 amide bonds. The molecule has 0 aliphatic carbocycles. The fourth-order valence-electron chi connectivity index (χ4n) is 1.91. The highest BCUT2D eigenvalue weighted by molar-refractivity contribution is 5.96. The average molecular weight is 289 g/mol. The number of hydrogen-bond donors (Lipinski definition) is 1. The first kappa shape index (κ1) is 16.5. The number of aliphatic hydroxyl groups excluding tert-OH is 1. The molecule has 20 heavy (non-hydrogen) atoms. The Morgan fingerprint density at radius 2 is 1.90 bits per heavy atom. The zero-order valence-corrected chi connectivity index (χ0v) is 11.4. The van der Waals surface area contributed by atoms with E-state index < -0.39 is 17.6 Å². The molecule has 0 aliphatic rings. The first-order valence-corrected chi connectivity index (χ1v) is 6.37. The summed E-state index contributed by atoms with van der Waals surface area (Å²) in [7, 11) is 0. The molecule has 112 valence electrons. The number of rotatable bonds is 5. The Hall–Kier alpha value is -1.56. The van der Waals surface area contributed by atoms with Crippen molar-refractivity contribution in [2.24, 2.45) is 0 Å². The molecule has 0 unspecified atom stereocenters. The molecule has 0 aromatic heterocycles. The molecule has 1 rings (SSSR count). The zero-order chi connectivity index (χ0) is 15.3. The Kier molecular flexibility index (Phi) is 5.56. The van der Waals surface area contributed by atoms with E-state index in [1.165, 1.54) is 23.1 Å². The zero-order valence-electron chi connectivity index (χ0n) is 11.4. The van der Waals surface area contributed by atoms with Gasteiger partial charge in [-0.15, -0.1) is 0 Å². The lowest BCUT2D eigenvalue weighted by Gasteiger charge is -2.27. The van der Waals surface area contributed by atoms with Crippen LogP contribution in [0.3, 0.4) is 0 Å². The summed E-state index contributed by atoms with van der Waals surface area (Å²) in [6.07, 6.45) is -4.23. The molecular weight excluding hydrogens is 271 g/mol. The maximum Gasteiger partial charge on any atom is 0.417 e. The maximum absolute atomic E-state index is 12.9. The van der Waals surface area contributed by atoms with Gasteiger partial charge in [0.25, 0.3) is 5.91 Å². The summed E-state index contributed by atoms with van der Waals surface area (Å²) in [4.78, 5) is 13.6. The highest BCUT2D eigenvalue weighted by Gasteiger charge is 2.36. The largest absolute Gasteiger partial charge is 0.417 e. The summed E-state index contributed by atoms with van der Waals surface area (Å²) in [6.45, 7) is 3.56. The van der Waals surface area contributed by atoms with Crippen molar-refractivity contribution >= 4 is 5.91 Å². The van der Waals surface area contributed by atoms with E-state index in [1.807, 2.05) is 0 Å². The van der Waals surface area contributed by atoms with Crippen LogP contribution in [-0.4, -0.2) is 35.1 Å². The van der Waals surface area contributed by atoms with Crippen molar-refractivity contribution in [1.82, 2.24) is 4.90 Å². The highest BCUT2D eigenvalue weighted by atomic mass is 19.4. The Bertz CT molecular complexity index is 458. The Morgan fingerprint density at radius 1 is 1.30 bits per heavy atom. The van der Waals surface area contributed by atoms with Gasteiger partial charge in [-0.2, -0.15) is 13.2 Å². The second-order valence-corrected chi connectivity index (χ2v) is 4.71. The van der Waals surface area contributed by atoms with Gasteiger partial charge < -0.3 is 10.0 Å². The number of nitrogens with zero attached hydrogens (tertiary/aromatic N) is 1. The van der Waals surface area contributed by atoms with Gasteiger partial charge in [0.15, 0.2) is 0 Å². The Balaban J connectivity index is 3.12. The molecule has 0 fully saturated rings. The number of carbonyl (C=O) groups excluding carboxylic acids is 1. The van der Waals surface area contributed by atoms with E-state index in [0.717, 1.165) is 6.07 Å². The third-order valence-corrected chi connectivity index (χ3v) is 2.90. The Morgan fingerprint density at radius 3 is 2.40 bits per heavy atom. The summed E-state index contributed by atoms with van der Waals surface area (Å²) >= 11 is 0. The van der Waals surface area contributed by atoms with E-state index in [1.54, 1.807) is 13.8 Å². The molecule has 0 bridgehead atoms. The summed E-state index contributed by atoms with van der Waals surface area (Å²) in [5.74, 6) is -0.665. The molecule has 0 spiro atoms. The molecule has 0 saturated heterocycles. The van der Waals surface area contributed by atoms with Crippen LogP contribution in [0.2, 0.25) is 0 Å². The highest BCUT2D eigenvalue weighted by Crippen LogP contribution is 2.32. The van der Waals surface area contributed by atoms with Crippen molar-refractivity contribution in [1.29, 1.82) is 0 Å². The van der Waals surface area contributed by atoms with Crippen LogP contribution in [0.4, 0.5) is 13.2 Å². The van der Waals surface area contributed by atoms with Gasteiger partial charge in [-0.05, 0) is 32.4 Å². The van der Waals surface area contributed by atoms with E-state index in [9.17, 15) is 18.0 Å². The standard InChI is InChI=1S/C14H18F3NO2/c1-10(2)18(8-5-9-19)13(20)11-6-3-4-7-12(11)14(15,16)17/h3-4,6-7,10,19H,5,8-9H2,1-2H3. The third-order valence-electron chi connectivity index (χ3n) is 2.90. The number of halogens is 3. The number of aliphatic hydroxyl groups is 1. The van der Waals surface area contributed by atoms with E-state index in [-0.39, 0.29) is 24.8 Å². The lowest BCUT2D eigenvalue weighted by molar-refractivity contribution is -0.138. The van der Waals surface area contributed by atoms with Crippen molar-refractivity contribution in [2.45, 2.75) is 32.5 Å². The van der Waals surface area contributed by atoms with E-state index in [0.29, 0.717) is 6.42 Å². The molecule has 3 nitrogen and oxygen atoms in total. The van der Waals surface area contributed by atoms with Crippen molar-refractivity contribution in [3.05, 3.63) is 35.4 Å². The molecule has 0 aliphatic heterocycles. The third kappa shape index (κ3) is 3.96. The predicted octanol–water partition coefficient (Wildman–Crippen LogP) is 2.94. The quantitative estimate of drug-likeness (QED) is 0.905. The van der Waals surface area contributed by atoms with Crippen molar-refractivity contribution in [2.75, 3.05) is 13.2 Å². The molecule has 1 aromatic carbocycles. The second kappa shape index (κ2) is 6.74. The molecule has 0 atom stereocenters. The van der Waals surface area contributed by atoms with Gasteiger partial charge in [0.1, 0.15) is 0 Å². The summed E-state index contributed by atoms with van der Waals surface area (Å²) in [5.41, 5.74) is -1.29. The van der Waals surface area contributed by atoms with Crippen LogP contribution >= 0.6 is 0 Å². The number of alkyl halides is 3. The van der Waals surface area contributed by atoms with Gasteiger partial charge in [0.05, 0.1) is 11.1 Å². The fourth-order valence-corrected chi connectivity index (χ4v) is 1.91. The van der Waals surface area contributed by atoms with Crippen LogP contribution in [0.1, 0.15) is 36.2 Å². The first-order chi connectivity index (χ1) is 9.29. The van der Waals surface area contributed by atoms with Crippen LogP contribution in [0.25, 0.3) is 0 Å². The lowest BCUT2D eigenvalue weighted by Crippen LogP contribution is -2.39. The Labute approximate surface area is 116 Å². The maximum atomic E-state index is 12.9. The molecule has 0 radical (unpaired) electrons. The fraction of sp³-hybridized carbons (Fsp3) is 0.500. The van der Waals surface area contributed by atoms with Crippen LogP contribution in [0.5, 0.6) is 0 Å². The monoisotopic (exact) mass is 289 g/mol. The van der Waals surface area contributed by atoms with Gasteiger partial charge in [-0.1, -0.05) is 12.1 Å². The molecule has 1 aromatic rings. The summed E-state index contributed by atoms with van der Waals surface area (Å²) in [6, 6.07) is 4.51. The molecule has 6 heteroatoms. The molecule has 0 heterocycles. The number of hydrogen-bond acceptors (Lipinski definition) is 2. The predicted molar refractivity (Wildman–Crippen MR) is 69.3 cm³/mol. The number of benzene rings is 1. The van der Waals surface area contributed by atoms with Crippen molar-refractivity contribution in [3.8, 4) is 0 Å². The SMILES string of the molecule is CC(C)N(CCCO)C(=O)c1ccccc1C(F)(F)F. The van der Waals surface area contributed by atoms with E-state index in [4.69, 9.17) is 5.11 Å². The summed E-state index contributed by atoms with van der Waals surface area (Å²) < 4.78 is 38.7. The van der Waals surface area contributed by atoms with Gasteiger partial charge in [-0.3, -0.25) is 4.79 Å². The first-order valence-electron chi connectivity index (χ1n) is 6.37. The number of amides is 1. The van der Waals surface area contributed by atoms with Gasteiger partial charge in [0.2, 0.25) is 0 Å². The minimum absolute atomic E-state index is 0.114. The summed E-state index contributed by atoms with van der Waals surface area (Å²) in [5, 5.41) is 8.82. The van der Waals surface area contributed by atoms with E-state index in [2.05, 4.69) is 0 Å². The van der Waals surface area contributed by atoms with Crippen molar-refractivity contribution < 1.29 is 23.1 Å². The van der Waals surface area contributed by atoms with Gasteiger partial charge >= 0.3 is 6.18 Å². The van der Waals surface area contributed by atoms with Crippen LogP contribution in [0.15, 0.2) is 24.3 Å². The minimum atomic E-state index is -4.56. The van der Waals surface area contributed by atoms with E-state index >= 15 is 0 Å². The van der Waals surface area contributed by atoms with Gasteiger partial charge in [0, 0.05) is 19.2 Å². The van der Waals surface area contributed by atoms with Crippen LogP contribution < -0.4 is 0 Å². The topological polar surface area (TPSA) is 40.5 Å². The smallest absolute Gasteiger partial charge is 0.396 e. The van der Waals surface area contributed by atoms with Gasteiger partial charge in [-0.25, -0.2) is 0 Å². The van der Waals surface area contributed by atoms with Crippen LogP contribution in [-0.2, 0) is 6.18 Å². The second-order valence-electron chi connectivity index (χ2n) is 4.71. The van der Waals surface area contributed by atoms with Crippen LogP contribution in [0, 0.1) is 0 Å². The molecule has 1 N–H and O–H groups in total. The average Bonchev–Trinajstić information content (AvgIpc) is 2.37.